The minimum absolute atomic E-state index is 0.0180. The summed E-state index contributed by atoms with van der Waals surface area (Å²) in [5, 5.41) is 8.39. The highest BCUT2D eigenvalue weighted by atomic mass is 16.2. The van der Waals surface area contributed by atoms with Crippen molar-refractivity contribution in [3.8, 4) is 0 Å². The Kier molecular flexibility index (Phi) is 13.9. The molecule has 4 N–H and O–H groups in total. The number of hydrogen-bond acceptors (Lipinski definition) is 4. The number of amides is 2. The second kappa shape index (κ2) is 17.2. The molecule has 6 heteroatoms. The maximum absolute atomic E-state index is 12.5. The number of carbonyl (C=O) groups excluding carboxylic acids is 3. The van der Waals surface area contributed by atoms with Crippen molar-refractivity contribution < 1.29 is 14.4 Å². The summed E-state index contributed by atoms with van der Waals surface area (Å²) < 4.78 is 0. The van der Waals surface area contributed by atoms with E-state index in [-0.39, 0.29) is 17.7 Å². The van der Waals surface area contributed by atoms with Crippen molar-refractivity contribution in [1.29, 1.82) is 0 Å². The zero-order valence-corrected chi connectivity index (χ0v) is 23.9. The lowest BCUT2D eigenvalue weighted by Crippen LogP contribution is -2.48. The molecule has 3 aromatic rings. The van der Waals surface area contributed by atoms with Gasteiger partial charge in [-0.15, -0.1) is 0 Å². The van der Waals surface area contributed by atoms with E-state index in [0.29, 0.717) is 31.0 Å². The van der Waals surface area contributed by atoms with E-state index in [1.165, 1.54) is 16.3 Å². The molecule has 210 valence electrons. The first-order valence-corrected chi connectivity index (χ1v) is 14.2. The number of nitrogens with two attached hydrogens (primary N) is 1. The molecule has 1 unspecified atom stereocenters. The molecule has 0 radical (unpaired) electrons. The molecule has 4 rings (SSSR count). The number of rotatable bonds is 8. The van der Waals surface area contributed by atoms with E-state index < -0.39 is 6.04 Å². The first-order valence-electron chi connectivity index (χ1n) is 14.2. The predicted molar refractivity (Wildman–Crippen MR) is 160 cm³/mol. The van der Waals surface area contributed by atoms with E-state index in [1.54, 1.807) is 24.3 Å². The van der Waals surface area contributed by atoms with Crippen LogP contribution in [0, 0.1) is 18.8 Å². The van der Waals surface area contributed by atoms with E-state index in [0.717, 1.165) is 37.5 Å². The fourth-order valence-corrected chi connectivity index (χ4v) is 4.64. The molecule has 2 amide bonds. The maximum Gasteiger partial charge on any atom is 0.242 e. The molecule has 0 saturated heterocycles. The molecule has 1 aliphatic rings. The van der Waals surface area contributed by atoms with Crippen LogP contribution in [0.3, 0.4) is 0 Å². The van der Waals surface area contributed by atoms with Gasteiger partial charge in [-0.1, -0.05) is 93.1 Å². The second-order valence-electron chi connectivity index (χ2n) is 9.85. The number of fused-ring (bicyclic) bond motifs is 1. The van der Waals surface area contributed by atoms with Crippen LogP contribution in [0.1, 0.15) is 74.4 Å². The summed E-state index contributed by atoms with van der Waals surface area (Å²) in [5.41, 5.74) is 8.52. The normalized spacial score (nSPS) is 16.9. The summed E-state index contributed by atoms with van der Waals surface area (Å²) in [4.78, 5) is 35.5. The van der Waals surface area contributed by atoms with Gasteiger partial charge in [0.2, 0.25) is 11.8 Å². The number of carbonyl (C=O) groups is 3. The zero-order valence-electron chi connectivity index (χ0n) is 23.9. The average molecular weight is 532 g/mol. The number of nitrogens with one attached hydrogen (secondary N) is 2. The lowest BCUT2D eigenvalue weighted by Gasteiger charge is -2.28. The van der Waals surface area contributed by atoms with Crippen LogP contribution >= 0.6 is 0 Å². The summed E-state index contributed by atoms with van der Waals surface area (Å²) in [5.74, 6) is 0.291. The van der Waals surface area contributed by atoms with Crippen LogP contribution in [0.5, 0.6) is 0 Å². The molecule has 1 fully saturated rings. The summed E-state index contributed by atoms with van der Waals surface area (Å²) in [6, 6.07) is 21.4. The first-order chi connectivity index (χ1) is 18.9. The van der Waals surface area contributed by atoms with Crippen LogP contribution in [-0.4, -0.2) is 30.7 Å². The highest BCUT2D eigenvalue weighted by Crippen LogP contribution is 2.28. The summed E-state index contributed by atoms with van der Waals surface area (Å²) in [6.45, 7) is 9.05. The van der Waals surface area contributed by atoms with Gasteiger partial charge in [-0.25, -0.2) is 0 Å². The van der Waals surface area contributed by atoms with Crippen LogP contribution in [0.2, 0.25) is 0 Å². The SMILES string of the molecule is CC.CCC(NC(=O)C1CCC(CN)CC1)C(=O)NCc1ccc(C=O)cc1.Cc1ccc2ccccc2c1. The summed E-state index contributed by atoms with van der Waals surface area (Å²) in [6.07, 6.45) is 4.97. The second-order valence-corrected chi connectivity index (χ2v) is 9.85. The minimum Gasteiger partial charge on any atom is -0.350 e. The molecule has 0 heterocycles. The number of aryl methyl sites for hydroxylation is 1. The van der Waals surface area contributed by atoms with Crippen LogP contribution in [0.4, 0.5) is 0 Å². The average Bonchev–Trinajstić information content (AvgIpc) is 3.00. The lowest BCUT2D eigenvalue weighted by molar-refractivity contribution is -0.132. The van der Waals surface area contributed by atoms with E-state index in [2.05, 4.69) is 60.0 Å². The van der Waals surface area contributed by atoms with Gasteiger partial charge in [-0.05, 0) is 67.8 Å². The van der Waals surface area contributed by atoms with E-state index in [9.17, 15) is 14.4 Å². The van der Waals surface area contributed by atoms with Crippen molar-refractivity contribution in [1.82, 2.24) is 10.6 Å². The Bertz CT molecular complexity index is 1170. The molecule has 6 nitrogen and oxygen atoms in total. The van der Waals surface area contributed by atoms with Gasteiger partial charge in [0.15, 0.2) is 0 Å². The van der Waals surface area contributed by atoms with Gasteiger partial charge in [0.25, 0.3) is 0 Å². The molecule has 1 aliphatic carbocycles. The molecule has 3 aromatic carbocycles. The Morgan fingerprint density at radius 3 is 2.18 bits per heavy atom. The molecule has 1 atom stereocenters. The van der Waals surface area contributed by atoms with E-state index in [4.69, 9.17) is 5.73 Å². The highest BCUT2D eigenvalue weighted by molar-refractivity contribution is 5.88. The third-order valence-electron chi connectivity index (χ3n) is 7.08. The van der Waals surface area contributed by atoms with Crippen molar-refractivity contribution in [3.05, 3.63) is 83.4 Å². The van der Waals surface area contributed by atoms with Gasteiger partial charge in [-0.2, -0.15) is 0 Å². The van der Waals surface area contributed by atoms with Crippen molar-refractivity contribution in [3.63, 3.8) is 0 Å². The standard InChI is InChI=1S/C20H29N3O3.C11H10.C2H6/c1-2-18(23-19(25)17-9-7-14(11-21)8-10-17)20(26)22-12-15-3-5-16(13-24)6-4-15;1-9-6-7-10-4-2-3-5-11(10)8-9;1-2/h3-6,13-14,17-18H,2,7-12,21H2,1H3,(H,22,26)(H,23,25);2-8H,1H3;1-2H3. The van der Waals surface area contributed by atoms with Gasteiger partial charge in [-0.3, -0.25) is 14.4 Å². The minimum atomic E-state index is -0.524. The fourth-order valence-electron chi connectivity index (χ4n) is 4.64. The molecule has 0 spiro atoms. The largest absolute Gasteiger partial charge is 0.350 e. The predicted octanol–water partition coefficient (Wildman–Crippen LogP) is 5.95. The number of aldehydes is 1. The van der Waals surface area contributed by atoms with Crippen LogP contribution in [0.15, 0.2) is 66.7 Å². The van der Waals surface area contributed by atoms with Gasteiger partial charge >= 0.3 is 0 Å². The van der Waals surface area contributed by atoms with Crippen LogP contribution in [-0.2, 0) is 16.1 Å². The van der Waals surface area contributed by atoms with Crippen molar-refractivity contribution in [2.24, 2.45) is 17.6 Å². The van der Waals surface area contributed by atoms with E-state index >= 15 is 0 Å². The highest BCUT2D eigenvalue weighted by Gasteiger charge is 2.28. The summed E-state index contributed by atoms with van der Waals surface area (Å²) >= 11 is 0. The Balaban J connectivity index is 0.000000338. The summed E-state index contributed by atoms with van der Waals surface area (Å²) in [7, 11) is 0. The monoisotopic (exact) mass is 531 g/mol. The lowest BCUT2D eigenvalue weighted by atomic mass is 9.81. The topological polar surface area (TPSA) is 101 Å². The fraction of sp³-hybridized carbons (Fsp3) is 0.424. The van der Waals surface area contributed by atoms with Gasteiger partial charge < -0.3 is 16.4 Å². The molecule has 0 aromatic heterocycles. The molecular formula is C33H45N3O3. The Labute approximate surface area is 233 Å². The third-order valence-corrected chi connectivity index (χ3v) is 7.08. The first kappa shape index (κ1) is 31.7. The molecule has 0 bridgehead atoms. The molecule has 0 aliphatic heterocycles. The van der Waals surface area contributed by atoms with Gasteiger partial charge in [0, 0.05) is 18.0 Å². The molecule has 1 saturated carbocycles. The number of hydrogen-bond donors (Lipinski definition) is 3. The van der Waals surface area contributed by atoms with E-state index in [1.807, 2.05) is 20.8 Å². The van der Waals surface area contributed by atoms with Crippen molar-refractivity contribution in [2.75, 3.05) is 6.54 Å². The molecular weight excluding hydrogens is 486 g/mol. The smallest absolute Gasteiger partial charge is 0.242 e. The molecule has 39 heavy (non-hydrogen) atoms. The van der Waals surface area contributed by atoms with Gasteiger partial charge in [0.1, 0.15) is 12.3 Å². The van der Waals surface area contributed by atoms with Crippen molar-refractivity contribution in [2.45, 2.75) is 72.4 Å². The maximum atomic E-state index is 12.5. The number of benzene rings is 3. The van der Waals surface area contributed by atoms with Crippen LogP contribution < -0.4 is 16.4 Å². The Morgan fingerprint density at radius 2 is 1.59 bits per heavy atom. The Hall–Kier alpha value is -3.51. The van der Waals surface area contributed by atoms with Gasteiger partial charge in [0.05, 0.1) is 0 Å². The quantitative estimate of drug-likeness (QED) is 0.313. The third kappa shape index (κ3) is 10.3. The van der Waals surface area contributed by atoms with Crippen LogP contribution in [0.25, 0.3) is 10.8 Å². The zero-order chi connectivity index (χ0) is 28.6. The van der Waals surface area contributed by atoms with Crippen molar-refractivity contribution >= 4 is 28.9 Å². The Morgan fingerprint density at radius 1 is 0.949 bits per heavy atom.